The van der Waals surface area contributed by atoms with Crippen molar-refractivity contribution in [2.45, 2.75) is 57.5 Å². The van der Waals surface area contributed by atoms with Crippen LogP contribution in [-0.4, -0.2) is 20.4 Å². The van der Waals surface area contributed by atoms with Crippen molar-refractivity contribution in [1.29, 1.82) is 0 Å². The summed E-state index contributed by atoms with van der Waals surface area (Å²) in [6.45, 7) is 0.673. The highest BCUT2D eigenvalue weighted by Gasteiger charge is 2.31. The highest BCUT2D eigenvalue weighted by atomic mass is 16.2. The number of nitrogens with one attached hydrogen (secondary N) is 2. The molecule has 1 atom stereocenters. The number of hydrogen-bond donors (Lipinski definition) is 2. The van der Waals surface area contributed by atoms with E-state index < -0.39 is 0 Å². The van der Waals surface area contributed by atoms with Crippen molar-refractivity contribution in [3.8, 4) is 0 Å². The summed E-state index contributed by atoms with van der Waals surface area (Å²) < 4.78 is 1.74. The molecule has 0 radical (unpaired) electrons. The van der Waals surface area contributed by atoms with Crippen LogP contribution < -0.4 is 10.9 Å². The molecule has 174 valence electrons. The summed E-state index contributed by atoms with van der Waals surface area (Å²) in [6, 6.07) is 16.0. The third-order valence-corrected chi connectivity index (χ3v) is 7.84. The first kappa shape index (κ1) is 21.1. The zero-order valence-corrected chi connectivity index (χ0v) is 19.3. The summed E-state index contributed by atoms with van der Waals surface area (Å²) in [5, 5.41) is 5.32. The number of fused-ring (bicyclic) bond motifs is 4. The molecular formula is C28H30N4O2. The van der Waals surface area contributed by atoms with Gasteiger partial charge in [0.2, 0.25) is 5.91 Å². The number of carbonyl (C=O) groups excluding carboxylic acids is 1. The van der Waals surface area contributed by atoms with Crippen molar-refractivity contribution in [2.24, 2.45) is 11.8 Å². The average molecular weight is 455 g/mol. The maximum Gasteiger partial charge on any atom is 0.261 e. The molecule has 0 bridgehead atoms. The first-order valence-corrected chi connectivity index (χ1v) is 12.5. The summed E-state index contributed by atoms with van der Waals surface area (Å²) in [5.74, 6) is 0.636. The van der Waals surface area contributed by atoms with Crippen molar-refractivity contribution in [3.05, 3.63) is 76.5 Å². The molecule has 1 amide bonds. The van der Waals surface area contributed by atoms with Crippen molar-refractivity contribution >= 4 is 27.7 Å². The predicted octanol–water partition coefficient (Wildman–Crippen LogP) is 4.88. The lowest BCUT2D eigenvalue weighted by molar-refractivity contribution is -0.127. The number of para-hydroxylation sites is 2. The van der Waals surface area contributed by atoms with Gasteiger partial charge in [-0.1, -0.05) is 30.3 Å². The van der Waals surface area contributed by atoms with E-state index in [4.69, 9.17) is 0 Å². The zero-order valence-electron chi connectivity index (χ0n) is 19.3. The normalized spacial score (nSPS) is 22.5. The monoisotopic (exact) mass is 454 g/mol. The van der Waals surface area contributed by atoms with Gasteiger partial charge in [-0.3, -0.25) is 14.2 Å². The number of amides is 1. The SMILES string of the molecule is O=C(N[C@H]1CCCc2c1[nH]c1ccccc21)C1CCC(Cn2cnc3ccccc3c2=O)CC1. The first-order valence-electron chi connectivity index (χ1n) is 12.5. The third kappa shape index (κ3) is 3.81. The topological polar surface area (TPSA) is 79.8 Å². The minimum atomic E-state index is 0.0249. The summed E-state index contributed by atoms with van der Waals surface area (Å²) in [7, 11) is 0. The van der Waals surface area contributed by atoms with E-state index in [9.17, 15) is 9.59 Å². The molecule has 0 saturated heterocycles. The fourth-order valence-corrected chi connectivity index (χ4v) is 5.97. The quantitative estimate of drug-likeness (QED) is 0.461. The van der Waals surface area contributed by atoms with Crippen LogP contribution in [0.25, 0.3) is 21.8 Å². The lowest BCUT2D eigenvalue weighted by Crippen LogP contribution is -2.37. The Morgan fingerprint density at radius 2 is 1.76 bits per heavy atom. The Kier molecular flexibility index (Phi) is 5.44. The molecule has 0 unspecified atom stereocenters. The zero-order chi connectivity index (χ0) is 23.1. The van der Waals surface area contributed by atoms with E-state index in [0.717, 1.165) is 56.0 Å². The molecule has 0 aliphatic heterocycles. The maximum absolute atomic E-state index is 13.2. The van der Waals surface area contributed by atoms with Crippen LogP contribution in [0.5, 0.6) is 0 Å². The average Bonchev–Trinajstić information content (AvgIpc) is 3.26. The van der Waals surface area contributed by atoms with Gasteiger partial charge in [-0.05, 0) is 74.6 Å². The second-order valence-electron chi connectivity index (χ2n) is 9.95. The fraction of sp³-hybridized carbons (Fsp3) is 0.393. The maximum atomic E-state index is 13.2. The highest BCUT2D eigenvalue weighted by molar-refractivity contribution is 5.86. The van der Waals surface area contributed by atoms with E-state index in [1.54, 1.807) is 10.9 Å². The van der Waals surface area contributed by atoms with Gasteiger partial charge in [0, 0.05) is 29.1 Å². The van der Waals surface area contributed by atoms with Crippen LogP contribution in [0.4, 0.5) is 0 Å². The molecule has 2 aliphatic carbocycles. The molecule has 6 nitrogen and oxygen atoms in total. The first-order chi connectivity index (χ1) is 16.7. The van der Waals surface area contributed by atoms with Crippen molar-refractivity contribution in [2.75, 3.05) is 0 Å². The standard InChI is InChI=1S/C28H30N4O2/c33-27(31-25-11-5-8-21-20-6-1-4-10-24(20)30-26(21)25)19-14-12-18(13-15-19)16-32-17-29-23-9-3-2-7-22(23)28(32)34/h1-4,6-7,9-10,17-19,25,30H,5,8,11-16H2,(H,31,33)/t18?,19?,25-/m0/s1. The van der Waals surface area contributed by atoms with Crippen LogP contribution in [0, 0.1) is 11.8 Å². The number of H-pyrrole nitrogens is 1. The molecule has 1 fully saturated rings. The minimum absolute atomic E-state index is 0.0249. The number of carbonyl (C=O) groups is 1. The number of rotatable bonds is 4. The van der Waals surface area contributed by atoms with Crippen LogP contribution in [0.2, 0.25) is 0 Å². The van der Waals surface area contributed by atoms with Crippen molar-refractivity contribution in [1.82, 2.24) is 19.9 Å². The summed E-state index contributed by atoms with van der Waals surface area (Å²) >= 11 is 0. The van der Waals surface area contributed by atoms with Gasteiger partial charge < -0.3 is 10.3 Å². The molecule has 2 aromatic heterocycles. The lowest BCUT2D eigenvalue weighted by Gasteiger charge is -2.30. The van der Waals surface area contributed by atoms with Crippen molar-refractivity contribution < 1.29 is 4.79 Å². The molecule has 6 rings (SSSR count). The van der Waals surface area contributed by atoms with E-state index in [1.165, 1.54) is 16.6 Å². The van der Waals surface area contributed by atoms with Crippen LogP contribution in [0.15, 0.2) is 59.7 Å². The van der Waals surface area contributed by atoms with Gasteiger partial charge in [-0.2, -0.15) is 0 Å². The largest absolute Gasteiger partial charge is 0.356 e. The molecule has 0 spiro atoms. The number of aromatic nitrogens is 3. The number of aromatic amines is 1. The molecule has 6 heteroatoms. The van der Waals surface area contributed by atoms with Gasteiger partial charge in [-0.25, -0.2) is 4.98 Å². The van der Waals surface area contributed by atoms with Gasteiger partial charge in [0.25, 0.3) is 5.56 Å². The smallest absolute Gasteiger partial charge is 0.261 e. The minimum Gasteiger partial charge on any atom is -0.356 e. The van der Waals surface area contributed by atoms with Gasteiger partial charge in [-0.15, -0.1) is 0 Å². The third-order valence-electron chi connectivity index (χ3n) is 7.84. The van der Waals surface area contributed by atoms with Gasteiger partial charge in [0.1, 0.15) is 0 Å². The molecule has 2 aliphatic rings. The second kappa shape index (κ2) is 8.75. The Morgan fingerprint density at radius 3 is 2.62 bits per heavy atom. The van der Waals surface area contributed by atoms with Crippen LogP contribution in [0.3, 0.4) is 0 Å². The van der Waals surface area contributed by atoms with E-state index in [1.807, 2.05) is 24.3 Å². The van der Waals surface area contributed by atoms with Crippen LogP contribution >= 0.6 is 0 Å². The van der Waals surface area contributed by atoms with E-state index in [2.05, 4.69) is 39.6 Å². The molecule has 2 heterocycles. The van der Waals surface area contributed by atoms with Crippen molar-refractivity contribution in [3.63, 3.8) is 0 Å². The number of benzene rings is 2. The second-order valence-corrected chi connectivity index (χ2v) is 9.95. The summed E-state index contributed by atoms with van der Waals surface area (Å²) in [5.41, 5.74) is 4.48. The van der Waals surface area contributed by atoms with Gasteiger partial charge >= 0.3 is 0 Å². The highest BCUT2D eigenvalue weighted by Crippen LogP contribution is 2.36. The van der Waals surface area contributed by atoms with Gasteiger partial charge in [0.15, 0.2) is 0 Å². The molecule has 1 saturated carbocycles. The van der Waals surface area contributed by atoms with E-state index >= 15 is 0 Å². The van der Waals surface area contributed by atoms with E-state index in [-0.39, 0.29) is 23.4 Å². The molecule has 34 heavy (non-hydrogen) atoms. The van der Waals surface area contributed by atoms with Crippen LogP contribution in [0.1, 0.15) is 55.8 Å². The summed E-state index contributed by atoms with van der Waals surface area (Å²) in [6.07, 6.45) is 8.49. The molecule has 2 aromatic carbocycles. The Morgan fingerprint density at radius 1 is 1.00 bits per heavy atom. The Bertz CT molecular complexity index is 1410. The summed E-state index contributed by atoms with van der Waals surface area (Å²) in [4.78, 5) is 34.0. The number of aryl methyl sites for hydroxylation is 1. The molecule has 2 N–H and O–H groups in total. The molecule has 4 aromatic rings. The van der Waals surface area contributed by atoms with Crippen LogP contribution in [-0.2, 0) is 17.8 Å². The number of nitrogens with zero attached hydrogens (tertiary/aromatic N) is 2. The Balaban J connectivity index is 1.09. The molecular weight excluding hydrogens is 424 g/mol. The van der Waals surface area contributed by atoms with Gasteiger partial charge in [0.05, 0.1) is 23.3 Å². The Hall–Kier alpha value is -3.41. The van der Waals surface area contributed by atoms with E-state index in [0.29, 0.717) is 17.8 Å². The predicted molar refractivity (Wildman–Crippen MR) is 134 cm³/mol. The number of hydrogen-bond acceptors (Lipinski definition) is 3. The Labute approximate surface area is 198 Å². The lowest BCUT2D eigenvalue weighted by atomic mass is 9.81. The fourth-order valence-electron chi connectivity index (χ4n) is 5.97.